The minimum absolute atomic E-state index is 0.268. The molecule has 0 saturated heterocycles. The van der Waals surface area contributed by atoms with Crippen LogP contribution in [0.15, 0.2) is 59.8 Å². The summed E-state index contributed by atoms with van der Waals surface area (Å²) in [6.45, 7) is 0.653. The van der Waals surface area contributed by atoms with E-state index in [4.69, 9.17) is 4.74 Å². The molecule has 196 valence electrons. The topological polar surface area (TPSA) is 60.3 Å². The predicted octanol–water partition coefficient (Wildman–Crippen LogP) is 6.59. The molecule has 0 radical (unpaired) electrons. The highest BCUT2D eigenvalue weighted by molar-refractivity contribution is 7.99. The summed E-state index contributed by atoms with van der Waals surface area (Å²) in [4.78, 5) is 16.1. The lowest BCUT2D eigenvalue weighted by atomic mass is 9.88. The van der Waals surface area contributed by atoms with E-state index in [1.807, 2.05) is 30.3 Å². The van der Waals surface area contributed by atoms with Crippen molar-refractivity contribution in [3.05, 3.63) is 60.2 Å². The van der Waals surface area contributed by atoms with E-state index in [-0.39, 0.29) is 5.91 Å². The fourth-order valence-corrected chi connectivity index (χ4v) is 6.69. The van der Waals surface area contributed by atoms with Gasteiger partial charge in [0.2, 0.25) is 5.91 Å². The average molecular weight is 519 g/mol. The van der Waals surface area contributed by atoms with Crippen LogP contribution in [0.5, 0.6) is 5.75 Å². The van der Waals surface area contributed by atoms with Crippen molar-refractivity contribution >= 4 is 17.7 Å². The summed E-state index contributed by atoms with van der Waals surface area (Å²) < 4.78 is 7.47. The van der Waals surface area contributed by atoms with E-state index in [0.29, 0.717) is 24.4 Å². The molecule has 0 unspecified atom stereocenters. The molecule has 2 aliphatic rings. The summed E-state index contributed by atoms with van der Waals surface area (Å²) in [5.74, 6) is 2.29. The van der Waals surface area contributed by atoms with Gasteiger partial charge in [0.15, 0.2) is 11.0 Å². The lowest BCUT2D eigenvalue weighted by Crippen LogP contribution is -2.49. The molecule has 0 bridgehead atoms. The monoisotopic (exact) mass is 518 g/mol. The molecule has 2 saturated carbocycles. The van der Waals surface area contributed by atoms with E-state index in [1.165, 1.54) is 55.9 Å². The zero-order valence-corrected chi connectivity index (χ0v) is 22.7. The quantitative estimate of drug-likeness (QED) is 0.299. The Labute approximate surface area is 224 Å². The molecule has 2 aromatic carbocycles. The third-order valence-corrected chi connectivity index (χ3v) is 8.75. The first-order valence-corrected chi connectivity index (χ1v) is 14.8. The molecule has 1 aromatic heterocycles. The lowest BCUT2D eigenvalue weighted by molar-refractivity contribution is -0.135. The third-order valence-electron chi connectivity index (χ3n) is 7.80. The van der Waals surface area contributed by atoms with Crippen molar-refractivity contribution in [1.29, 1.82) is 0 Å². The van der Waals surface area contributed by atoms with Gasteiger partial charge in [-0.15, -0.1) is 10.2 Å². The van der Waals surface area contributed by atoms with Gasteiger partial charge in [-0.2, -0.15) is 0 Å². The lowest BCUT2D eigenvalue weighted by Gasteiger charge is -2.41. The van der Waals surface area contributed by atoms with Gasteiger partial charge in [0.1, 0.15) is 5.75 Å². The maximum absolute atomic E-state index is 13.8. The standard InChI is InChI=1S/C30H38N4O2S/c1-36-27-19-17-24(18-20-27)29-31-32-30(33(29)21-23-11-5-2-6-12-23)37-22-28(35)34(25-13-7-3-8-14-25)26-15-9-4-10-16-26/h2,5-6,11-12,17-20,25-26H,3-4,7-10,13-16,21-22H2,1H3. The molecule has 0 atom stereocenters. The van der Waals surface area contributed by atoms with Crippen LogP contribution in [0.3, 0.4) is 0 Å². The number of carbonyl (C=O) groups is 1. The number of benzene rings is 2. The predicted molar refractivity (Wildman–Crippen MR) is 149 cm³/mol. The molecule has 3 aromatic rings. The Balaban J connectivity index is 1.37. The summed E-state index contributed by atoms with van der Waals surface area (Å²) in [6, 6.07) is 19.1. The van der Waals surface area contributed by atoms with E-state index in [1.54, 1.807) is 7.11 Å². The molecule has 2 aliphatic carbocycles. The molecule has 7 heteroatoms. The number of nitrogens with zero attached hydrogens (tertiary/aromatic N) is 4. The molecule has 0 spiro atoms. The molecule has 2 fully saturated rings. The van der Waals surface area contributed by atoms with Gasteiger partial charge in [0.25, 0.3) is 0 Å². The van der Waals surface area contributed by atoms with E-state index in [2.05, 4.69) is 43.9 Å². The molecule has 5 rings (SSSR count). The van der Waals surface area contributed by atoms with Crippen molar-refractivity contribution in [1.82, 2.24) is 19.7 Å². The van der Waals surface area contributed by atoms with Gasteiger partial charge in [-0.3, -0.25) is 9.36 Å². The number of aromatic nitrogens is 3. The van der Waals surface area contributed by atoms with Gasteiger partial charge in [-0.05, 0) is 55.5 Å². The smallest absolute Gasteiger partial charge is 0.233 e. The fourth-order valence-electron chi connectivity index (χ4n) is 5.88. The van der Waals surface area contributed by atoms with Crippen LogP contribution >= 0.6 is 11.8 Å². The second-order valence-corrected chi connectivity index (χ2v) is 11.2. The van der Waals surface area contributed by atoms with Crippen molar-refractivity contribution in [3.8, 4) is 17.1 Å². The van der Waals surface area contributed by atoms with Gasteiger partial charge in [0, 0.05) is 17.6 Å². The zero-order valence-electron chi connectivity index (χ0n) is 21.8. The Hall–Kier alpha value is -2.80. The van der Waals surface area contributed by atoms with Gasteiger partial charge in [-0.25, -0.2) is 0 Å². The first-order chi connectivity index (χ1) is 18.2. The zero-order chi connectivity index (χ0) is 25.5. The summed E-state index contributed by atoms with van der Waals surface area (Å²) in [7, 11) is 1.67. The number of amides is 1. The van der Waals surface area contributed by atoms with Crippen molar-refractivity contribution in [2.45, 2.75) is 88.0 Å². The first-order valence-electron chi connectivity index (χ1n) is 13.8. The molecular formula is C30H38N4O2S. The number of thioether (sulfide) groups is 1. The van der Waals surface area contributed by atoms with E-state index in [9.17, 15) is 4.79 Å². The summed E-state index contributed by atoms with van der Waals surface area (Å²) in [6.07, 6.45) is 12.2. The van der Waals surface area contributed by atoms with Crippen LogP contribution in [0, 0.1) is 0 Å². The average Bonchev–Trinajstić information content (AvgIpc) is 3.36. The molecule has 0 N–H and O–H groups in total. The van der Waals surface area contributed by atoms with Crippen LogP contribution in [0.25, 0.3) is 11.4 Å². The minimum Gasteiger partial charge on any atom is -0.497 e. The van der Waals surface area contributed by atoms with Crippen LogP contribution in [0.4, 0.5) is 0 Å². The third kappa shape index (κ3) is 6.38. The van der Waals surface area contributed by atoms with Crippen molar-refractivity contribution in [2.75, 3.05) is 12.9 Å². The maximum Gasteiger partial charge on any atom is 0.233 e. The molecular weight excluding hydrogens is 480 g/mol. The van der Waals surface area contributed by atoms with Gasteiger partial charge in [-0.1, -0.05) is 80.6 Å². The highest BCUT2D eigenvalue weighted by Crippen LogP contribution is 2.32. The minimum atomic E-state index is 0.268. The largest absolute Gasteiger partial charge is 0.497 e. The number of carbonyl (C=O) groups excluding carboxylic acids is 1. The van der Waals surface area contributed by atoms with E-state index in [0.717, 1.165) is 48.0 Å². The summed E-state index contributed by atoms with van der Waals surface area (Å²) in [5.41, 5.74) is 2.16. The Kier molecular flexibility index (Phi) is 8.82. The summed E-state index contributed by atoms with van der Waals surface area (Å²) in [5, 5.41) is 9.92. The van der Waals surface area contributed by atoms with Crippen molar-refractivity contribution in [2.24, 2.45) is 0 Å². The number of hydrogen-bond acceptors (Lipinski definition) is 5. The van der Waals surface area contributed by atoms with Crippen LogP contribution in [0.1, 0.15) is 69.8 Å². The SMILES string of the molecule is COc1ccc(-c2nnc(SCC(=O)N(C3CCCCC3)C3CCCCC3)n2Cc2ccccc2)cc1. The number of rotatable bonds is 9. The molecule has 6 nitrogen and oxygen atoms in total. The van der Waals surface area contributed by atoms with E-state index < -0.39 is 0 Å². The van der Waals surface area contributed by atoms with E-state index >= 15 is 0 Å². The number of methoxy groups -OCH3 is 1. The molecule has 37 heavy (non-hydrogen) atoms. The highest BCUT2D eigenvalue weighted by atomic mass is 32.2. The van der Waals surface area contributed by atoms with Crippen LogP contribution in [-0.2, 0) is 11.3 Å². The Bertz CT molecular complexity index is 1120. The Morgan fingerprint density at radius 2 is 1.51 bits per heavy atom. The second kappa shape index (κ2) is 12.6. The van der Waals surface area contributed by atoms with Crippen molar-refractivity contribution in [3.63, 3.8) is 0 Å². The van der Waals surface area contributed by atoms with Gasteiger partial charge < -0.3 is 9.64 Å². The number of ether oxygens (including phenoxy) is 1. The normalized spacial score (nSPS) is 17.0. The molecule has 1 heterocycles. The molecule has 1 amide bonds. The Morgan fingerprint density at radius 3 is 2.11 bits per heavy atom. The Morgan fingerprint density at radius 1 is 0.892 bits per heavy atom. The second-order valence-electron chi connectivity index (χ2n) is 10.3. The fraction of sp³-hybridized carbons (Fsp3) is 0.500. The van der Waals surface area contributed by atoms with Crippen LogP contribution < -0.4 is 4.74 Å². The first kappa shape index (κ1) is 25.8. The van der Waals surface area contributed by atoms with Gasteiger partial charge in [0.05, 0.1) is 19.4 Å². The highest BCUT2D eigenvalue weighted by Gasteiger charge is 2.32. The maximum atomic E-state index is 13.8. The van der Waals surface area contributed by atoms with Gasteiger partial charge >= 0.3 is 0 Å². The number of hydrogen-bond donors (Lipinski definition) is 0. The molecule has 0 aliphatic heterocycles. The summed E-state index contributed by atoms with van der Waals surface area (Å²) >= 11 is 1.53. The van der Waals surface area contributed by atoms with Crippen LogP contribution in [-0.4, -0.2) is 50.5 Å². The van der Waals surface area contributed by atoms with Crippen LogP contribution in [0.2, 0.25) is 0 Å². The van der Waals surface area contributed by atoms with Crippen molar-refractivity contribution < 1.29 is 9.53 Å².